The van der Waals surface area contributed by atoms with Gasteiger partial charge in [-0.2, -0.15) is 4.98 Å². The number of carbonyl (C=O) groups excluding carboxylic acids is 1. The van der Waals surface area contributed by atoms with Crippen LogP contribution in [0.4, 0.5) is 11.8 Å². The summed E-state index contributed by atoms with van der Waals surface area (Å²) in [7, 11) is 5.95. The van der Waals surface area contributed by atoms with E-state index in [4.69, 9.17) is 14.4 Å². The van der Waals surface area contributed by atoms with Gasteiger partial charge >= 0.3 is 0 Å². The van der Waals surface area contributed by atoms with E-state index in [-0.39, 0.29) is 5.91 Å². The van der Waals surface area contributed by atoms with Crippen molar-refractivity contribution in [2.75, 3.05) is 37.5 Å². The lowest BCUT2D eigenvalue weighted by Gasteiger charge is -2.31. The zero-order valence-electron chi connectivity index (χ0n) is 17.0. The molecule has 0 atom stereocenters. The Labute approximate surface area is 170 Å². The van der Waals surface area contributed by atoms with Crippen molar-refractivity contribution in [2.24, 2.45) is 0 Å². The highest BCUT2D eigenvalue weighted by molar-refractivity contribution is 5.94. The van der Waals surface area contributed by atoms with Crippen LogP contribution in [-0.2, 0) is 19.5 Å². The quantitative estimate of drug-likeness (QED) is 0.666. The van der Waals surface area contributed by atoms with E-state index in [0.717, 1.165) is 23.6 Å². The van der Waals surface area contributed by atoms with E-state index in [2.05, 4.69) is 17.0 Å². The number of hydrogen-bond acceptors (Lipinski definition) is 6. The monoisotopic (exact) mass is 391 g/mol. The minimum absolute atomic E-state index is 0.0284. The van der Waals surface area contributed by atoms with Gasteiger partial charge in [0.05, 0.1) is 24.1 Å². The third kappa shape index (κ3) is 3.94. The molecule has 4 rings (SSSR count). The lowest BCUT2D eigenvalue weighted by molar-refractivity contribution is 0.0733. The van der Waals surface area contributed by atoms with Gasteiger partial charge in [0.1, 0.15) is 12.1 Å². The summed E-state index contributed by atoms with van der Waals surface area (Å²) in [5, 5.41) is 0. The van der Waals surface area contributed by atoms with Crippen molar-refractivity contribution >= 4 is 17.7 Å². The molecular weight excluding hydrogens is 366 g/mol. The largest absolute Gasteiger partial charge is 0.472 e. The number of nitrogens with zero attached hydrogens (tertiary/aromatic N) is 5. The fourth-order valence-corrected chi connectivity index (χ4v) is 3.59. The summed E-state index contributed by atoms with van der Waals surface area (Å²) < 4.78 is 5.06. The first-order valence-corrected chi connectivity index (χ1v) is 9.66. The van der Waals surface area contributed by atoms with Gasteiger partial charge in [-0.1, -0.05) is 30.3 Å². The van der Waals surface area contributed by atoms with E-state index in [1.54, 1.807) is 6.07 Å². The van der Waals surface area contributed by atoms with Gasteiger partial charge in [-0.3, -0.25) is 4.79 Å². The lowest BCUT2D eigenvalue weighted by atomic mass is 10.0. The van der Waals surface area contributed by atoms with Gasteiger partial charge < -0.3 is 19.1 Å². The van der Waals surface area contributed by atoms with Crippen molar-refractivity contribution < 1.29 is 9.21 Å². The molecule has 1 amide bonds. The molecule has 0 aliphatic carbocycles. The zero-order chi connectivity index (χ0) is 20.4. The van der Waals surface area contributed by atoms with Crippen molar-refractivity contribution in [1.29, 1.82) is 0 Å². The molecule has 7 nitrogen and oxygen atoms in total. The Kier molecular flexibility index (Phi) is 5.20. The van der Waals surface area contributed by atoms with Gasteiger partial charge in [0.15, 0.2) is 0 Å². The van der Waals surface area contributed by atoms with Crippen LogP contribution in [0.1, 0.15) is 27.2 Å². The van der Waals surface area contributed by atoms with E-state index in [1.165, 1.54) is 18.1 Å². The highest BCUT2D eigenvalue weighted by Gasteiger charge is 2.27. The van der Waals surface area contributed by atoms with E-state index in [0.29, 0.717) is 31.0 Å². The maximum Gasteiger partial charge on any atom is 0.257 e. The van der Waals surface area contributed by atoms with Crippen molar-refractivity contribution in [2.45, 2.75) is 19.5 Å². The van der Waals surface area contributed by atoms with Crippen LogP contribution >= 0.6 is 0 Å². The van der Waals surface area contributed by atoms with Gasteiger partial charge in [0.25, 0.3) is 5.91 Å². The minimum atomic E-state index is -0.0284. The van der Waals surface area contributed by atoms with Gasteiger partial charge in [-0.15, -0.1) is 0 Å². The van der Waals surface area contributed by atoms with Gasteiger partial charge in [-0.25, -0.2) is 4.98 Å². The van der Waals surface area contributed by atoms with Crippen LogP contribution in [0.15, 0.2) is 53.3 Å². The zero-order valence-corrected chi connectivity index (χ0v) is 17.0. The number of fused-ring (bicyclic) bond motifs is 1. The van der Waals surface area contributed by atoms with Crippen LogP contribution in [0.25, 0.3) is 0 Å². The van der Waals surface area contributed by atoms with Crippen molar-refractivity contribution in [1.82, 2.24) is 14.9 Å². The topological polar surface area (TPSA) is 65.7 Å². The summed E-state index contributed by atoms with van der Waals surface area (Å²) in [6.45, 7) is 1.86. The number of aromatic nitrogens is 2. The van der Waals surface area contributed by atoms with Crippen LogP contribution in [0.5, 0.6) is 0 Å². The lowest BCUT2D eigenvalue weighted by Crippen LogP contribution is -2.37. The molecule has 1 aliphatic rings. The predicted molar refractivity (Wildman–Crippen MR) is 112 cm³/mol. The van der Waals surface area contributed by atoms with Gasteiger partial charge in [-0.05, 0) is 11.6 Å². The Balaban J connectivity index is 1.61. The molecule has 0 saturated heterocycles. The molecule has 0 unspecified atom stereocenters. The molecule has 0 radical (unpaired) electrons. The number of rotatable bonds is 5. The second-order valence-electron chi connectivity index (χ2n) is 7.50. The first-order chi connectivity index (χ1) is 14.0. The minimum Gasteiger partial charge on any atom is -0.472 e. The molecule has 1 aliphatic heterocycles. The van der Waals surface area contributed by atoms with Gasteiger partial charge in [0, 0.05) is 46.2 Å². The third-order valence-corrected chi connectivity index (χ3v) is 5.11. The first-order valence-electron chi connectivity index (χ1n) is 9.66. The average molecular weight is 391 g/mol. The molecule has 1 aromatic carbocycles. The molecule has 7 heteroatoms. The molecule has 0 saturated carbocycles. The van der Waals surface area contributed by atoms with Gasteiger partial charge in [0.2, 0.25) is 5.95 Å². The maximum atomic E-state index is 12.7. The SMILES string of the molecule is CN(C)c1nc(N(C)Cc2ccccc2)nc2c1CN(C(=O)c1ccoc1)CC2. The number of anilines is 2. The molecule has 0 bridgehead atoms. The summed E-state index contributed by atoms with van der Waals surface area (Å²) >= 11 is 0. The molecule has 3 aromatic rings. The fraction of sp³-hybridized carbons (Fsp3) is 0.318. The normalized spacial score (nSPS) is 13.1. The molecule has 0 spiro atoms. The molecular formula is C22H25N5O2. The predicted octanol–water partition coefficient (Wildman–Crippen LogP) is 2.97. The summed E-state index contributed by atoms with van der Waals surface area (Å²) in [5.41, 5.74) is 3.80. The van der Waals surface area contributed by atoms with Crippen LogP contribution in [0.3, 0.4) is 0 Å². The van der Waals surface area contributed by atoms with Crippen molar-refractivity contribution in [3.63, 3.8) is 0 Å². The van der Waals surface area contributed by atoms with Crippen LogP contribution in [-0.4, -0.2) is 48.5 Å². The smallest absolute Gasteiger partial charge is 0.257 e. The average Bonchev–Trinajstić information content (AvgIpc) is 3.27. The molecule has 3 heterocycles. The maximum absolute atomic E-state index is 12.7. The summed E-state index contributed by atoms with van der Waals surface area (Å²) in [5.74, 6) is 1.53. The number of furan rings is 1. The number of benzene rings is 1. The standard InChI is InChI=1S/C22H25N5O2/c1-25(2)20-18-14-27(21(28)17-10-12-29-15-17)11-9-19(18)23-22(24-20)26(3)13-16-7-5-4-6-8-16/h4-8,10,12,15H,9,11,13-14H2,1-3H3. The molecule has 2 aromatic heterocycles. The van der Waals surface area contributed by atoms with E-state index >= 15 is 0 Å². The Bertz CT molecular complexity index is 986. The summed E-state index contributed by atoms with van der Waals surface area (Å²) in [6, 6.07) is 12.0. The number of amides is 1. The van der Waals surface area contributed by atoms with E-state index in [1.807, 2.05) is 49.1 Å². The Morgan fingerprint density at radius 2 is 1.93 bits per heavy atom. The van der Waals surface area contributed by atoms with Crippen LogP contribution < -0.4 is 9.80 Å². The number of carbonyl (C=O) groups is 1. The molecule has 150 valence electrons. The van der Waals surface area contributed by atoms with Crippen LogP contribution in [0.2, 0.25) is 0 Å². The molecule has 0 N–H and O–H groups in total. The van der Waals surface area contributed by atoms with Crippen LogP contribution in [0, 0.1) is 0 Å². The Hall–Kier alpha value is -3.35. The fourth-order valence-electron chi connectivity index (χ4n) is 3.59. The Morgan fingerprint density at radius 1 is 1.14 bits per heavy atom. The number of hydrogen-bond donors (Lipinski definition) is 0. The van der Waals surface area contributed by atoms with Crippen molar-refractivity contribution in [3.05, 3.63) is 71.3 Å². The van der Waals surface area contributed by atoms with E-state index in [9.17, 15) is 4.79 Å². The van der Waals surface area contributed by atoms with Crippen molar-refractivity contribution in [3.8, 4) is 0 Å². The second-order valence-corrected chi connectivity index (χ2v) is 7.50. The summed E-state index contributed by atoms with van der Waals surface area (Å²) in [4.78, 5) is 28.3. The molecule has 29 heavy (non-hydrogen) atoms. The molecule has 0 fully saturated rings. The Morgan fingerprint density at radius 3 is 2.62 bits per heavy atom. The highest BCUT2D eigenvalue weighted by Crippen LogP contribution is 2.29. The highest BCUT2D eigenvalue weighted by atomic mass is 16.3. The van der Waals surface area contributed by atoms with E-state index < -0.39 is 0 Å². The summed E-state index contributed by atoms with van der Waals surface area (Å²) in [6.07, 6.45) is 3.71. The third-order valence-electron chi connectivity index (χ3n) is 5.11. The first kappa shape index (κ1) is 19.0. The second kappa shape index (κ2) is 7.95.